The van der Waals surface area contributed by atoms with Crippen molar-refractivity contribution < 1.29 is 36.6 Å². The smallest absolute Gasteiger partial charge is 0.223 e. The van der Waals surface area contributed by atoms with E-state index in [2.05, 4.69) is 10.0 Å². The van der Waals surface area contributed by atoms with Crippen molar-refractivity contribution in [1.82, 2.24) is 10.0 Å². The predicted molar refractivity (Wildman–Crippen MR) is 95.0 cm³/mol. The Kier molecular flexibility index (Phi) is 8.08. The number of hydrogen-bond acceptors (Lipinski definition) is 6. The highest BCUT2D eigenvalue weighted by molar-refractivity contribution is 7.90. The van der Waals surface area contributed by atoms with E-state index in [1.165, 1.54) is 0 Å². The molecule has 5 unspecified atom stereocenters. The van der Waals surface area contributed by atoms with Crippen LogP contribution in [0.25, 0.3) is 0 Å². The largest absolute Gasteiger partial charge is 0.395 e. The first kappa shape index (κ1) is 23.3. The molecule has 28 heavy (non-hydrogen) atoms. The van der Waals surface area contributed by atoms with Gasteiger partial charge in [0.05, 0.1) is 24.5 Å². The molecule has 12 heteroatoms. The van der Waals surface area contributed by atoms with Gasteiger partial charge in [-0.15, -0.1) is 0 Å². The molecule has 2 saturated carbocycles. The second-order valence-corrected chi connectivity index (χ2v) is 9.52. The number of nitrogens with two attached hydrogens (primary N) is 1. The van der Waals surface area contributed by atoms with Crippen LogP contribution in [0.4, 0.5) is 13.2 Å². The summed E-state index contributed by atoms with van der Waals surface area (Å²) in [4.78, 5) is 12.5. The monoisotopic (exact) mass is 431 g/mol. The Balaban J connectivity index is 2.00. The number of sulfonamides is 1. The average Bonchev–Trinajstić information content (AvgIpc) is 2.64. The number of halogens is 3. The fourth-order valence-electron chi connectivity index (χ4n) is 3.76. The molecule has 164 valence electrons. The summed E-state index contributed by atoms with van der Waals surface area (Å²) >= 11 is 0. The minimum absolute atomic E-state index is 0.109. The normalized spacial score (nSPS) is 37.0. The van der Waals surface area contributed by atoms with E-state index < -0.39 is 77.0 Å². The second-order valence-electron chi connectivity index (χ2n) is 7.59. The van der Waals surface area contributed by atoms with Gasteiger partial charge in [0.1, 0.15) is 12.3 Å². The Labute approximate surface area is 162 Å². The summed E-state index contributed by atoms with van der Waals surface area (Å²) in [5.74, 6) is -1.28. The highest BCUT2D eigenvalue weighted by Gasteiger charge is 2.43. The SMILES string of the molecule is NC1CCC(C(=O)NC2CC(F)C(F)C(F)C2)CC1S(=O)(=O)NC(CO)CO. The average molecular weight is 431 g/mol. The molecule has 8 nitrogen and oxygen atoms in total. The fraction of sp³-hybridized carbons (Fsp3) is 0.938. The third-order valence-corrected chi connectivity index (χ3v) is 7.44. The summed E-state index contributed by atoms with van der Waals surface area (Å²) in [5, 5.41) is 19.5. The van der Waals surface area contributed by atoms with Gasteiger partial charge in [-0.05, 0) is 19.3 Å². The highest BCUT2D eigenvalue weighted by Crippen LogP contribution is 2.30. The molecule has 0 aromatic carbocycles. The zero-order chi connectivity index (χ0) is 21.1. The molecule has 0 saturated heterocycles. The minimum atomic E-state index is -4.02. The van der Waals surface area contributed by atoms with Crippen LogP contribution in [0.2, 0.25) is 0 Å². The van der Waals surface area contributed by atoms with Crippen molar-refractivity contribution in [2.75, 3.05) is 13.2 Å². The summed E-state index contributed by atoms with van der Waals surface area (Å²) in [7, 11) is -4.02. The van der Waals surface area contributed by atoms with Crippen LogP contribution in [0, 0.1) is 5.92 Å². The van der Waals surface area contributed by atoms with Crippen molar-refractivity contribution >= 4 is 15.9 Å². The molecule has 5 atom stereocenters. The number of rotatable bonds is 7. The Hall–Kier alpha value is -0.950. The molecular weight excluding hydrogens is 403 g/mol. The molecule has 6 N–H and O–H groups in total. The van der Waals surface area contributed by atoms with Gasteiger partial charge >= 0.3 is 0 Å². The number of amides is 1. The van der Waals surface area contributed by atoms with Gasteiger partial charge in [-0.25, -0.2) is 26.3 Å². The van der Waals surface area contributed by atoms with Crippen molar-refractivity contribution in [2.24, 2.45) is 11.7 Å². The Morgan fingerprint density at radius 2 is 1.64 bits per heavy atom. The molecule has 0 bridgehead atoms. The van der Waals surface area contributed by atoms with Gasteiger partial charge in [0.15, 0.2) is 6.17 Å². The maximum absolute atomic E-state index is 13.5. The highest BCUT2D eigenvalue weighted by atomic mass is 32.2. The molecular formula is C16H28F3N3O5S. The molecule has 2 fully saturated rings. The lowest BCUT2D eigenvalue weighted by Crippen LogP contribution is -2.55. The zero-order valence-electron chi connectivity index (χ0n) is 15.3. The lowest BCUT2D eigenvalue weighted by atomic mass is 9.84. The quantitative estimate of drug-likeness (QED) is 0.352. The third-order valence-electron chi connectivity index (χ3n) is 5.44. The standard InChI is InChI=1S/C16H28F3N3O5S/c17-11-4-9(5-12(18)15(11)19)21-16(25)8-1-2-13(20)14(3-8)28(26,27)22-10(6-23)7-24/h8-15,22-24H,1-7,20H2,(H,21,25). The second kappa shape index (κ2) is 9.70. The molecule has 2 rings (SSSR count). The van der Waals surface area contributed by atoms with Crippen LogP contribution in [0.1, 0.15) is 32.1 Å². The third kappa shape index (κ3) is 5.56. The zero-order valence-corrected chi connectivity index (χ0v) is 16.1. The number of nitrogens with one attached hydrogen (secondary N) is 2. The van der Waals surface area contributed by atoms with E-state index in [4.69, 9.17) is 15.9 Å². The van der Waals surface area contributed by atoms with Gasteiger partial charge in [0.2, 0.25) is 15.9 Å². The number of alkyl halides is 3. The molecule has 1 amide bonds. The van der Waals surface area contributed by atoms with Crippen molar-refractivity contribution in [1.29, 1.82) is 0 Å². The first-order chi connectivity index (χ1) is 13.1. The summed E-state index contributed by atoms with van der Waals surface area (Å²) in [6.07, 6.45) is -6.44. The van der Waals surface area contributed by atoms with E-state index in [1.807, 2.05) is 0 Å². The van der Waals surface area contributed by atoms with Crippen molar-refractivity contribution in [3.8, 4) is 0 Å². The van der Waals surface area contributed by atoms with Crippen LogP contribution in [0.3, 0.4) is 0 Å². The predicted octanol–water partition coefficient (Wildman–Crippen LogP) is -0.952. The summed E-state index contributed by atoms with van der Waals surface area (Å²) < 4.78 is 67.5. The van der Waals surface area contributed by atoms with Crippen molar-refractivity contribution in [3.63, 3.8) is 0 Å². The number of aliphatic hydroxyl groups excluding tert-OH is 2. The lowest BCUT2D eigenvalue weighted by Gasteiger charge is -2.35. The first-order valence-electron chi connectivity index (χ1n) is 9.30. The molecule has 0 aromatic heterocycles. The van der Waals surface area contributed by atoms with E-state index in [0.29, 0.717) is 6.42 Å². The summed E-state index contributed by atoms with van der Waals surface area (Å²) in [5.41, 5.74) is 5.91. The molecule has 0 spiro atoms. The molecule has 0 aromatic rings. The lowest BCUT2D eigenvalue weighted by molar-refractivity contribution is -0.127. The minimum Gasteiger partial charge on any atom is -0.395 e. The number of hydrogen-bond donors (Lipinski definition) is 5. The van der Waals surface area contributed by atoms with Crippen LogP contribution >= 0.6 is 0 Å². The van der Waals surface area contributed by atoms with E-state index in [-0.39, 0.29) is 25.7 Å². The summed E-state index contributed by atoms with van der Waals surface area (Å²) in [6.45, 7) is -1.21. The van der Waals surface area contributed by atoms with Crippen LogP contribution in [-0.4, -0.2) is 79.6 Å². The molecule has 0 radical (unpaired) electrons. The number of carbonyl (C=O) groups excluding carboxylic acids is 1. The number of carbonyl (C=O) groups is 1. The maximum Gasteiger partial charge on any atom is 0.223 e. The van der Waals surface area contributed by atoms with Crippen LogP contribution in [-0.2, 0) is 14.8 Å². The molecule has 0 aliphatic heterocycles. The molecule has 2 aliphatic carbocycles. The fourth-order valence-corrected chi connectivity index (χ4v) is 5.63. The first-order valence-corrected chi connectivity index (χ1v) is 10.8. The van der Waals surface area contributed by atoms with Gasteiger partial charge in [0.25, 0.3) is 0 Å². The van der Waals surface area contributed by atoms with Gasteiger partial charge in [-0.1, -0.05) is 0 Å². The van der Waals surface area contributed by atoms with Gasteiger partial charge in [-0.2, -0.15) is 0 Å². The molecule has 0 heterocycles. The van der Waals surface area contributed by atoms with E-state index in [9.17, 15) is 26.4 Å². The van der Waals surface area contributed by atoms with E-state index in [1.54, 1.807) is 0 Å². The van der Waals surface area contributed by atoms with Crippen LogP contribution in [0.15, 0.2) is 0 Å². The van der Waals surface area contributed by atoms with Gasteiger partial charge in [0, 0.05) is 30.8 Å². The van der Waals surface area contributed by atoms with Crippen LogP contribution in [0.5, 0.6) is 0 Å². The summed E-state index contributed by atoms with van der Waals surface area (Å²) in [6, 6.07) is -2.68. The van der Waals surface area contributed by atoms with E-state index in [0.717, 1.165) is 0 Å². The van der Waals surface area contributed by atoms with Crippen molar-refractivity contribution in [2.45, 2.75) is 74.0 Å². The topological polar surface area (TPSA) is 142 Å². The molecule has 2 aliphatic rings. The van der Waals surface area contributed by atoms with Crippen LogP contribution < -0.4 is 15.8 Å². The Bertz CT molecular complexity index is 625. The Morgan fingerprint density at radius 3 is 2.18 bits per heavy atom. The Morgan fingerprint density at radius 1 is 1.07 bits per heavy atom. The van der Waals surface area contributed by atoms with Gasteiger partial charge in [-0.3, -0.25) is 4.79 Å². The van der Waals surface area contributed by atoms with Crippen molar-refractivity contribution in [3.05, 3.63) is 0 Å². The van der Waals surface area contributed by atoms with E-state index >= 15 is 0 Å². The maximum atomic E-state index is 13.5. The van der Waals surface area contributed by atoms with Gasteiger partial charge < -0.3 is 21.3 Å². The number of aliphatic hydroxyl groups is 2.